The first-order valence-electron chi connectivity index (χ1n) is 10.3. The summed E-state index contributed by atoms with van der Waals surface area (Å²) in [5, 5.41) is 5.72. The van der Waals surface area contributed by atoms with Crippen molar-refractivity contribution in [1.29, 1.82) is 0 Å². The van der Waals surface area contributed by atoms with Crippen LogP contribution in [0.3, 0.4) is 0 Å². The fraction of sp³-hybridized carbons (Fsp3) is 0.160. The van der Waals surface area contributed by atoms with Crippen LogP contribution in [0.15, 0.2) is 58.9 Å². The average molecular weight is 480 g/mol. The number of amides is 2. The van der Waals surface area contributed by atoms with Crippen molar-refractivity contribution in [2.24, 2.45) is 0 Å². The lowest BCUT2D eigenvalue weighted by molar-refractivity contribution is -0.113. The zero-order valence-electron chi connectivity index (χ0n) is 18.4. The molecule has 0 aliphatic rings. The van der Waals surface area contributed by atoms with E-state index in [1.54, 1.807) is 24.3 Å². The molecule has 5 nitrogen and oxygen atoms in total. The summed E-state index contributed by atoms with van der Waals surface area (Å²) in [6.07, 6.45) is 0. The minimum atomic E-state index is -0.568. The molecule has 33 heavy (non-hydrogen) atoms. The predicted molar refractivity (Wildman–Crippen MR) is 134 cm³/mol. The number of carbonyl (C=O) groups is 2. The van der Waals surface area contributed by atoms with Crippen molar-refractivity contribution in [2.45, 2.75) is 25.1 Å². The van der Waals surface area contributed by atoms with E-state index in [9.17, 15) is 14.0 Å². The fourth-order valence-corrected chi connectivity index (χ4v) is 5.47. The van der Waals surface area contributed by atoms with Crippen LogP contribution in [0.1, 0.15) is 27.0 Å². The number of nitrogens with one attached hydrogen (secondary N) is 2. The van der Waals surface area contributed by atoms with Crippen LogP contribution in [0.25, 0.3) is 10.2 Å². The predicted octanol–water partition coefficient (Wildman–Crippen LogP) is 6.34. The Hall–Kier alpha value is -3.23. The third-order valence-corrected chi connectivity index (χ3v) is 7.17. The molecular weight excluding hydrogens is 457 g/mol. The van der Waals surface area contributed by atoms with E-state index in [1.807, 2.05) is 32.9 Å². The number of aromatic nitrogens is 1. The first-order valence-corrected chi connectivity index (χ1v) is 12.1. The van der Waals surface area contributed by atoms with Gasteiger partial charge in [-0.1, -0.05) is 41.6 Å². The van der Waals surface area contributed by atoms with Gasteiger partial charge < -0.3 is 10.6 Å². The molecule has 2 amide bonds. The van der Waals surface area contributed by atoms with Crippen LogP contribution < -0.4 is 10.6 Å². The summed E-state index contributed by atoms with van der Waals surface area (Å²) < 4.78 is 15.5. The molecule has 0 saturated heterocycles. The quantitative estimate of drug-likeness (QED) is 0.316. The number of halogens is 1. The Kier molecular flexibility index (Phi) is 6.76. The number of hydrogen-bond donors (Lipinski definition) is 2. The third kappa shape index (κ3) is 5.40. The number of carbonyl (C=O) groups excluding carboxylic acids is 2. The Labute approximate surface area is 199 Å². The maximum absolute atomic E-state index is 13.8. The van der Waals surface area contributed by atoms with Crippen LogP contribution in [0.2, 0.25) is 0 Å². The van der Waals surface area contributed by atoms with Crippen molar-refractivity contribution >= 4 is 56.5 Å². The Morgan fingerprint density at radius 3 is 2.45 bits per heavy atom. The zero-order valence-corrected chi connectivity index (χ0v) is 20.0. The van der Waals surface area contributed by atoms with Crippen LogP contribution in [-0.2, 0) is 4.79 Å². The second kappa shape index (κ2) is 9.72. The van der Waals surface area contributed by atoms with Crippen molar-refractivity contribution in [3.05, 3.63) is 82.7 Å². The minimum absolute atomic E-state index is 0.0109. The molecule has 8 heteroatoms. The zero-order chi connectivity index (χ0) is 23.5. The molecule has 1 aromatic heterocycles. The number of rotatable bonds is 6. The summed E-state index contributed by atoms with van der Waals surface area (Å²) in [4.78, 5) is 29.4. The third-order valence-electron chi connectivity index (χ3n) is 5.01. The van der Waals surface area contributed by atoms with Gasteiger partial charge in [0.1, 0.15) is 5.82 Å². The number of fused-ring (bicyclic) bond motifs is 1. The minimum Gasteiger partial charge on any atom is -0.325 e. The van der Waals surface area contributed by atoms with Crippen LogP contribution in [0.4, 0.5) is 15.8 Å². The molecule has 3 aromatic carbocycles. The van der Waals surface area contributed by atoms with E-state index in [4.69, 9.17) is 0 Å². The van der Waals surface area contributed by atoms with Gasteiger partial charge in [-0.2, -0.15) is 0 Å². The monoisotopic (exact) mass is 479 g/mol. The molecule has 4 rings (SSSR count). The summed E-state index contributed by atoms with van der Waals surface area (Å²) in [6, 6.07) is 15.3. The molecule has 168 valence electrons. The van der Waals surface area contributed by atoms with Gasteiger partial charge in [-0.25, -0.2) is 9.37 Å². The standard InChI is InChI=1S/C25H22FN3O2S2/c1-14-10-15(2)23(16(3)11-14)29-22(30)13-32-25-28-20-9-8-17(12-21(20)33-25)27-24(31)18-6-4-5-7-19(18)26/h4-12H,13H2,1-3H3,(H,27,31)(H,29,30). The second-order valence-corrected chi connectivity index (χ2v) is 9.96. The summed E-state index contributed by atoms with van der Waals surface area (Å²) in [7, 11) is 0. The van der Waals surface area contributed by atoms with Gasteiger partial charge in [0.15, 0.2) is 4.34 Å². The lowest BCUT2D eigenvalue weighted by Gasteiger charge is -2.12. The summed E-state index contributed by atoms with van der Waals surface area (Å²) in [5.41, 5.74) is 5.41. The number of anilines is 2. The van der Waals surface area contributed by atoms with E-state index >= 15 is 0 Å². The number of thiazole rings is 1. The molecule has 0 bridgehead atoms. The highest BCUT2D eigenvalue weighted by atomic mass is 32.2. The van der Waals surface area contributed by atoms with Crippen LogP contribution in [0, 0.1) is 26.6 Å². The fourth-order valence-electron chi connectivity index (χ4n) is 3.57. The second-order valence-electron chi connectivity index (χ2n) is 7.71. The van der Waals surface area contributed by atoms with Gasteiger partial charge >= 0.3 is 0 Å². The van der Waals surface area contributed by atoms with Gasteiger partial charge in [0.2, 0.25) is 5.91 Å². The molecule has 0 spiro atoms. The molecule has 0 saturated carbocycles. The highest BCUT2D eigenvalue weighted by molar-refractivity contribution is 8.01. The van der Waals surface area contributed by atoms with Crippen molar-refractivity contribution in [2.75, 3.05) is 16.4 Å². The molecule has 0 fully saturated rings. The van der Waals surface area contributed by atoms with E-state index in [-0.39, 0.29) is 17.2 Å². The number of aryl methyl sites for hydroxylation is 3. The van der Waals surface area contributed by atoms with Gasteiger partial charge in [-0.3, -0.25) is 9.59 Å². The van der Waals surface area contributed by atoms with Crippen molar-refractivity contribution in [3.63, 3.8) is 0 Å². The van der Waals surface area contributed by atoms with Gasteiger partial charge in [-0.05, 0) is 62.2 Å². The van der Waals surface area contributed by atoms with Crippen LogP contribution in [0.5, 0.6) is 0 Å². The maximum atomic E-state index is 13.8. The number of thioether (sulfide) groups is 1. The Morgan fingerprint density at radius 1 is 1.00 bits per heavy atom. The average Bonchev–Trinajstić information content (AvgIpc) is 3.17. The number of benzene rings is 3. The first kappa shape index (κ1) is 22.9. The molecule has 0 aliphatic carbocycles. The van der Waals surface area contributed by atoms with E-state index in [0.29, 0.717) is 5.69 Å². The molecule has 0 atom stereocenters. The van der Waals surface area contributed by atoms with Gasteiger partial charge in [-0.15, -0.1) is 11.3 Å². The summed E-state index contributed by atoms with van der Waals surface area (Å²) >= 11 is 2.81. The van der Waals surface area contributed by atoms with Crippen molar-refractivity contribution in [3.8, 4) is 0 Å². The normalized spacial score (nSPS) is 10.9. The van der Waals surface area contributed by atoms with Gasteiger partial charge in [0.05, 0.1) is 21.5 Å². The number of nitrogens with zero attached hydrogens (tertiary/aromatic N) is 1. The molecule has 0 radical (unpaired) electrons. The molecule has 4 aromatic rings. The van der Waals surface area contributed by atoms with Crippen LogP contribution in [-0.4, -0.2) is 22.6 Å². The van der Waals surface area contributed by atoms with Crippen molar-refractivity contribution < 1.29 is 14.0 Å². The Balaban J connectivity index is 1.41. The van der Waals surface area contributed by atoms with E-state index in [1.165, 1.54) is 41.3 Å². The van der Waals surface area contributed by atoms with Crippen LogP contribution >= 0.6 is 23.1 Å². The lowest BCUT2D eigenvalue weighted by atomic mass is 10.1. The molecule has 2 N–H and O–H groups in total. The molecule has 0 aliphatic heterocycles. The molecular formula is C25H22FN3O2S2. The first-order chi connectivity index (χ1) is 15.8. The van der Waals surface area contributed by atoms with E-state index < -0.39 is 11.7 Å². The molecule has 1 heterocycles. The number of hydrogen-bond acceptors (Lipinski definition) is 5. The summed E-state index contributed by atoms with van der Waals surface area (Å²) in [5.74, 6) is -0.928. The van der Waals surface area contributed by atoms with Crippen molar-refractivity contribution in [1.82, 2.24) is 4.98 Å². The van der Waals surface area contributed by atoms with E-state index in [0.717, 1.165) is 36.9 Å². The lowest BCUT2D eigenvalue weighted by Crippen LogP contribution is -2.15. The molecule has 0 unspecified atom stereocenters. The van der Waals surface area contributed by atoms with Gasteiger partial charge in [0.25, 0.3) is 5.91 Å². The summed E-state index contributed by atoms with van der Waals surface area (Å²) in [6.45, 7) is 6.00. The topological polar surface area (TPSA) is 71.1 Å². The maximum Gasteiger partial charge on any atom is 0.258 e. The highest BCUT2D eigenvalue weighted by Gasteiger charge is 2.14. The highest BCUT2D eigenvalue weighted by Crippen LogP contribution is 2.32. The Bertz CT molecular complexity index is 1340. The van der Waals surface area contributed by atoms with E-state index in [2.05, 4.69) is 15.6 Å². The van der Waals surface area contributed by atoms with Gasteiger partial charge in [0, 0.05) is 11.4 Å². The smallest absolute Gasteiger partial charge is 0.258 e. The SMILES string of the molecule is Cc1cc(C)c(NC(=O)CSc2nc3ccc(NC(=O)c4ccccc4F)cc3s2)c(C)c1. The Morgan fingerprint density at radius 2 is 1.73 bits per heavy atom. The largest absolute Gasteiger partial charge is 0.325 e.